The Labute approximate surface area is 92.3 Å². The molecule has 82 valence electrons. The predicted molar refractivity (Wildman–Crippen MR) is 57.8 cm³/mol. The van der Waals surface area contributed by atoms with Gasteiger partial charge in [-0.25, -0.2) is 4.98 Å². The summed E-state index contributed by atoms with van der Waals surface area (Å²) >= 11 is 0. The fourth-order valence-electron chi connectivity index (χ4n) is 1.92. The van der Waals surface area contributed by atoms with Crippen molar-refractivity contribution in [2.45, 2.75) is 25.8 Å². The highest BCUT2D eigenvalue weighted by Crippen LogP contribution is 2.28. The van der Waals surface area contributed by atoms with Crippen molar-refractivity contribution >= 4 is 5.57 Å². The van der Waals surface area contributed by atoms with Crippen LogP contribution < -0.4 is 5.56 Å². The van der Waals surface area contributed by atoms with Crippen LogP contribution in [0.4, 0.5) is 0 Å². The summed E-state index contributed by atoms with van der Waals surface area (Å²) in [5.74, 6) is 0.463. The van der Waals surface area contributed by atoms with Gasteiger partial charge < -0.3 is 5.11 Å². The first-order chi connectivity index (χ1) is 7.69. The molecule has 5 nitrogen and oxygen atoms in total. The number of nitrogens with zero attached hydrogens (tertiary/aromatic N) is 3. The summed E-state index contributed by atoms with van der Waals surface area (Å²) in [6.07, 6.45) is 3.69. The maximum Gasteiger partial charge on any atom is 0.271 e. The lowest BCUT2D eigenvalue weighted by Crippen LogP contribution is -2.31. The van der Waals surface area contributed by atoms with Crippen LogP contribution in [0.3, 0.4) is 0 Å². The number of rotatable bonds is 0. The molecule has 2 rings (SSSR count). The highest BCUT2D eigenvalue weighted by Gasteiger charge is 2.23. The second kappa shape index (κ2) is 3.81. The predicted octanol–water partition coefficient (Wildman–Crippen LogP) is 1.37. The molecule has 0 saturated carbocycles. The van der Waals surface area contributed by atoms with Crippen LogP contribution in [-0.2, 0) is 0 Å². The van der Waals surface area contributed by atoms with Crippen molar-refractivity contribution < 1.29 is 5.11 Å². The first-order valence-electron chi connectivity index (χ1n) is 5.04. The van der Waals surface area contributed by atoms with E-state index in [1.165, 1.54) is 10.8 Å². The smallest absolute Gasteiger partial charge is 0.271 e. The number of aliphatic hydroxyl groups excluding tert-OH is 1. The summed E-state index contributed by atoms with van der Waals surface area (Å²) in [5.41, 5.74) is 0.341. The van der Waals surface area contributed by atoms with Gasteiger partial charge in [0.15, 0.2) is 0 Å². The second-order valence-corrected chi connectivity index (χ2v) is 3.82. The van der Waals surface area contributed by atoms with Gasteiger partial charge in [-0.2, -0.15) is 5.26 Å². The lowest BCUT2D eigenvalue weighted by atomic mass is 10.0. The van der Waals surface area contributed by atoms with E-state index in [2.05, 4.69) is 4.98 Å². The van der Waals surface area contributed by atoms with E-state index < -0.39 is 0 Å². The standard InChI is InChI=1S/C11H11N3O2/c1-7-2-3-8(6-15)10-13-5-9(4-12)11(16)14(7)10/h5-7,15H,2-3H2,1H3/b8-6+. The number of aromatic nitrogens is 2. The van der Waals surface area contributed by atoms with Gasteiger partial charge in [0.1, 0.15) is 17.5 Å². The highest BCUT2D eigenvalue weighted by molar-refractivity contribution is 5.60. The third-order valence-electron chi connectivity index (χ3n) is 2.83. The van der Waals surface area contributed by atoms with Crippen molar-refractivity contribution in [3.63, 3.8) is 0 Å². The SMILES string of the molecule is CC1CC/C(=C\O)c2ncc(C#N)c(=O)n21. The van der Waals surface area contributed by atoms with Gasteiger partial charge in [-0.15, -0.1) is 0 Å². The van der Waals surface area contributed by atoms with E-state index in [0.29, 0.717) is 17.8 Å². The number of fused-ring (bicyclic) bond motifs is 1. The van der Waals surface area contributed by atoms with Crippen LogP contribution in [0.5, 0.6) is 0 Å². The molecule has 0 aromatic carbocycles. The first kappa shape index (κ1) is 10.4. The molecule has 0 bridgehead atoms. The van der Waals surface area contributed by atoms with Crippen LogP contribution in [0.25, 0.3) is 5.57 Å². The topological polar surface area (TPSA) is 78.9 Å². The molecule has 1 aliphatic heterocycles. The molecule has 0 fully saturated rings. The zero-order valence-electron chi connectivity index (χ0n) is 8.84. The minimum Gasteiger partial charge on any atom is -0.515 e. The molecule has 0 spiro atoms. The van der Waals surface area contributed by atoms with E-state index in [0.717, 1.165) is 12.7 Å². The number of hydrogen-bond acceptors (Lipinski definition) is 4. The van der Waals surface area contributed by atoms with E-state index in [1.807, 2.05) is 13.0 Å². The molecule has 1 aliphatic rings. The summed E-state index contributed by atoms with van der Waals surface area (Å²) in [4.78, 5) is 16.0. The molecule has 1 atom stereocenters. The summed E-state index contributed by atoms with van der Waals surface area (Å²) < 4.78 is 1.48. The monoisotopic (exact) mass is 217 g/mol. The molecule has 16 heavy (non-hydrogen) atoms. The third kappa shape index (κ3) is 1.39. The van der Waals surface area contributed by atoms with Crippen molar-refractivity contribution in [3.05, 3.63) is 34.2 Å². The zero-order chi connectivity index (χ0) is 11.7. The fourth-order valence-corrected chi connectivity index (χ4v) is 1.92. The van der Waals surface area contributed by atoms with Gasteiger partial charge >= 0.3 is 0 Å². The van der Waals surface area contributed by atoms with Crippen LogP contribution in [0.2, 0.25) is 0 Å². The summed E-state index contributed by atoms with van der Waals surface area (Å²) in [7, 11) is 0. The Balaban J connectivity index is 2.75. The van der Waals surface area contributed by atoms with Gasteiger partial charge in [0.2, 0.25) is 0 Å². The van der Waals surface area contributed by atoms with Gasteiger partial charge in [0, 0.05) is 11.6 Å². The van der Waals surface area contributed by atoms with Gasteiger partial charge in [-0.3, -0.25) is 9.36 Å². The van der Waals surface area contributed by atoms with E-state index >= 15 is 0 Å². The molecule has 5 heteroatoms. The number of hydrogen-bond donors (Lipinski definition) is 1. The molecule has 1 N–H and O–H groups in total. The lowest BCUT2D eigenvalue weighted by molar-refractivity contribution is 0.441. The van der Waals surface area contributed by atoms with Crippen molar-refractivity contribution in [2.75, 3.05) is 0 Å². The fraction of sp³-hybridized carbons (Fsp3) is 0.364. The quantitative estimate of drug-likeness (QED) is 0.665. The average Bonchev–Trinajstić information content (AvgIpc) is 2.30. The van der Waals surface area contributed by atoms with Crippen molar-refractivity contribution in [2.24, 2.45) is 0 Å². The van der Waals surface area contributed by atoms with Crippen molar-refractivity contribution in [3.8, 4) is 6.07 Å². The van der Waals surface area contributed by atoms with E-state index in [4.69, 9.17) is 10.4 Å². The molecular formula is C11H11N3O2. The molecular weight excluding hydrogens is 206 g/mol. The van der Waals surface area contributed by atoms with Gasteiger partial charge in [-0.1, -0.05) is 0 Å². The third-order valence-corrected chi connectivity index (χ3v) is 2.83. The van der Waals surface area contributed by atoms with Crippen LogP contribution in [0.15, 0.2) is 17.3 Å². The maximum absolute atomic E-state index is 11.9. The Hall–Kier alpha value is -2.09. The Morgan fingerprint density at radius 3 is 3.12 bits per heavy atom. The number of nitriles is 1. The normalized spacial score (nSPS) is 21.5. The summed E-state index contributed by atoms with van der Waals surface area (Å²) in [6, 6.07) is 1.83. The van der Waals surface area contributed by atoms with Gasteiger partial charge in [0.05, 0.1) is 12.5 Å². The minimum atomic E-state index is -0.334. The number of allylic oxidation sites excluding steroid dienone is 1. The summed E-state index contributed by atoms with van der Waals surface area (Å²) in [5, 5.41) is 17.8. The second-order valence-electron chi connectivity index (χ2n) is 3.82. The van der Waals surface area contributed by atoms with Gasteiger partial charge in [0.25, 0.3) is 5.56 Å². The largest absolute Gasteiger partial charge is 0.515 e. The molecule has 1 aromatic rings. The van der Waals surface area contributed by atoms with Crippen LogP contribution in [0.1, 0.15) is 37.2 Å². The van der Waals surface area contributed by atoms with Crippen molar-refractivity contribution in [1.82, 2.24) is 9.55 Å². The Morgan fingerprint density at radius 2 is 2.50 bits per heavy atom. The van der Waals surface area contributed by atoms with Gasteiger partial charge in [-0.05, 0) is 19.8 Å². The lowest BCUT2D eigenvalue weighted by Gasteiger charge is -2.25. The molecule has 0 amide bonds. The average molecular weight is 217 g/mol. The molecule has 2 heterocycles. The van der Waals surface area contributed by atoms with Crippen LogP contribution in [-0.4, -0.2) is 14.7 Å². The molecule has 1 unspecified atom stereocenters. The van der Waals surface area contributed by atoms with Crippen LogP contribution >= 0.6 is 0 Å². The van der Waals surface area contributed by atoms with E-state index in [9.17, 15) is 4.79 Å². The number of aliphatic hydroxyl groups is 1. The molecule has 1 aromatic heterocycles. The van der Waals surface area contributed by atoms with Crippen molar-refractivity contribution in [1.29, 1.82) is 5.26 Å². The molecule has 0 radical (unpaired) electrons. The van der Waals surface area contributed by atoms with E-state index in [1.54, 1.807) is 0 Å². The Morgan fingerprint density at radius 1 is 1.75 bits per heavy atom. The van der Waals surface area contributed by atoms with Crippen LogP contribution in [0, 0.1) is 11.3 Å². The Bertz CT molecular complexity index is 551. The highest BCUT2D eigenvalue weighted by atomic mass is 16.2. The molecule has 0 aliphatic carbocycles. The Kier molecular flexibility index (Phi) is 2.49. The summed E-state index contributed by atoms with van der Waals surface area (Å²) in [6.45, 7) is 1.90. The zero-order valence-corrected chi connectivity index (χ0v) is 8.84. The first-order valence-corrected chi connectivity index (χ1v) is 5.04. The minimum absolute atomic E-state index is 0.00648. The molecule has 0 saturated heterocycles. The van der Waals surface area contributed by atoms with E-state index in [-0.39, 0.29) is 17.2 Å². The maximum atomic E-state index is 11.9.